The van der Waals surface area contributed by atoms with Crippen molar-refractivity contribution < 1.29 is 0 Å². The van der Waals surface area contributed by atoms with Crippen LogP contribution in [0.15, 0.2) is 42.5 Å². The second kappa shape index (κ2) is 4.58. The third-order valence-electron chi connectivity index (χ3n) is 2.64. The van der Waals surface area contributed by atoms with Crippen LogP contribution in [0.4, 0.5) is 11.4 Å². The van der Waals surface area contributed by atoms with Crippen LogP contribution in [0.2, 0.25) is 5.02 Å². The molecule has 0 fully saturated rings. The van der Waals surface area contributed by atoms with E-state index in [4.69, 9.17) is 11.6 Å². The van der Waals surface area contributed by atoms with Gasteiger partial charge in [0, 0.05) is 16.4 Å². The van der Waals surface area contributed by atoms with E-state index in [1.165, 1.54) is 11.1 Å². The highest BCUT2D eigenvalue weighted by molar-refractivity contribution is 6.30. The maximum Gasteiger partial charge on any atom is 0.0407 e. The predicted octanol–water partition coefficient (Wildman–Crippen LogP) is 4.70. The molecule has 1 N–H and O–H groups in total. The zero-order valence-corrected chi connectivity index (χ0v) is 10.2. The molecule has 2 aromatic rings. The molecule has 82 valence electrons. The monoisotopic (exact) mass is 231 g/mol. The van der Waals surface area contributed by atoms with E-state index in [2.05, 4.69) is 37.4 Å². The summed E-state index contributed by atoms with van der Waals surface area (Å²) in [6.07, 6.45) is 0. The molecule has 0 saturated heterocycles. The lowest BCUT2D eigenvalue weighted by Crippen LogP contribution is -1.91. The van der Waals surface area contributed by atoms with E-state index in [0.717, 1.165) is 16.4 Å². The van der Waals surface area contributed by atoms with Crippen molar-refractivity contribution in [2.75, 3.05) is 5.32 Å². The Labute approximate surface area is 101 Å². The van der Waals surface area contributed by atoms with Crippen LogP contribution in [0.25, 0.3) is 0 Å². The van der Waals surface area contributed by atoms with E-state index >= 15 is 0 Å². The van der Waals surface area contributed by atoms with Crippen molar-refractivity contribution in [3.8, 4) is 0 Å². The summed E-state index contributed by atoms with van der Waals surface area (Å²) >= 11 is 5.83. The summed E-state index contributed by atoms with van der Waals surface area (Å²) in [5.74, 6) is 0. The van der Waals surface area contributed by atoms with Crippen LogP contribution >= 0.6 is 11.6 Å². The van der Waals surface area contributed by atoms with Gasteiger partial charge in [-0.2, -0.15) is 0 Å². The first-order valence-corrected chi connectivity index (χ1v) is 5.63. The Balaban J connectivity index is 2.20. The molecule has 16 heavy (non-hydrogen) atoms. The lowest BCUT2D eigenvalue weighted by atomic mass is 10.1. The number of rotatable bonds is 2. The topological polar surface area (TPSA) is 12.0 Å². The van der Waals surface area contributed by atoms with E-state index in [0.29, 0.717) is 0 Å². The van der Waals surface area contributed by atoms with E-state index in [1.807, 2.05) is 24.3 Å². The standard InChI is InChI=1S/C14H14ClN/c1-10-3-6-14(9-11(10)2)16-13-7-4-12(15)5-8-13/h3-9,16H,1-2H3. The molecule has 2 rings (SSSR count). The fourth-order valence-corrected chi connectivity index (χ4v) is 1.65. The van der Waals surface area contributed by atoms with Crippen molar-refractivity contribution in [3.63, 3.8) is 0 Å². The molecule has 2 aromatic carbocycles. The van der Waals surface area contributed by atoms with Gasteiger partial charge in [0.25, 0.3) is 0 Å². The molecule has 0 bridgehead atoms. The fourth-order valence-electron chi connectivity index (χ4n) is 1.52. The minimum absolute atomic E-state index is 0.755. The van der Waals surface area contributed by atoms with Crippen LogP contribution in [0.1, 0.15) is 11.1 Å². The molecule has 0 spiro atoms. The fraction of sp³-hybridized carbons (Fsp3) is 0.143. The summed E-state index contributed by atoms with van der Waals surface area (Å²) in [6, 6.07) is 14.0. The lowest BCUT2D eigenvalue weighted by Gasteiger charge is -2.08. The zero-order chi connectivity index (χ0) is 11.5. The van der Waals surface area contributed by atoms with Crippen molar-refractivity contribution in [2.45, 2.75) is 13.8 Å². The van der Waals surface area contributed by atoms with Gasteiger partial charge in [-0.3, -0.25) is 0 Å². The zero-order valence-electron chi connectivity index (χ0n) is 9.42. The molecule has 0 aliphatic heterocycles. The predicted molar refractivity (Wildman–Crippen MR) is 70.7 cm³/mol. The van der Waals surface area contributed by atoms with Gasteiger partial charge >= 0.3 is 0 Å². The molecule has 0 atom stereocenters. The number of nitrogens with one attached hydrogen (secondary N) is 1. The summed E-state index contributed by atoms with van der Waals surface area (Å²) < 4.78 is 0. The number of hydrogen-bond donors (Lipinski definition) is 1. The summed E-state index contributed by atoms with van der Waals surface area (Å²) in [7, 11) is 0. The van der Waals surface area contributed by atoms with Gasteiger partial charge in [0.1, 0.15) is 0 Å². The highest BCUT2D eigenvalue weighted by atomic mass is 35.5. The summed E-state index contributed by atoms with van der Waals surface area (Å²) in [5, 5.41) is 4.10. The van der Waals surface area contributed by atoms with Gasteiger partial charge in [-0.25, -0.2) is 0 Å². The minimum Gasteiger partial charge on any atom is -0.356 e. The number of halogens is 1. The van der Waals surface area contributed by atoms with Crippen molar-refractivity contribution in [1.82, 2.24) is 0 Å². The van der Waals surface area contributed by atoms with Crippen molar-refractivity contribution in [1.29, 1.82) is 0 Å². The Morgan fingerprint density at radius 2 is 1.44 bits per heavy atom. The van der Waals surface area contributed by atoms with E-state index < -0.39 is 0 Å². The molecule has 2 heteroatoms. The molecule has 1 nitrogen and oxygen atoms in total. The van der Waals surface area contributed by atoms with E-state index in [9.17, 15) is 0 Å². The first kappa shape index (κ1) is 11.0. The van der Waals surface area contributed by atoms with Gasteiger partial charge in [0.05, 0.1) is 0 Å². The quantitative estimate of drug-likeness (QED) is 0.790. The Morgan fingerprint density at radius 1 is 0.812 bits per heavy atom. The highest BCUT2D eigenvalue weighted by Crippen LogP contribution is 2.20. The van der Waals surface area contributed by atoms with Crippen LogP contribution in [-0.2, 0) is 0 Å². The van der Waals surface area contributed by atoms with Crippen molar-refractivity contribution >= 4 is 23.0 Å². The summed E-state index contributed by atoms with van der Waals surface area (Å²) in [4.78, 5) is 0. The van der Waals surface area contributed by atoms with E-state index in [-0.39, 0.29) is 0 Å². The number of aryl methyl sites for hydroxylation is 2. The maximum atomic E-state index is 5.83. The molecular weight excluding hydrogens is 218 g/mol. The Bertz CT molecular complexity index is 489. The van der Waals surface area contributed by atoms with Crippen LogP contribution in [0.3, 0.4) is 0 Å². The van der Waals surface area contributed by atoms with Crippen LogP contribution in [0.5, 0.6) is 0 Å². The van der Waals surface area contributed by atoms with Gasteiger partial charge in [-0.05, 0) is 61.4 Å². The van der Waals surface area contributed by atoms with E-state index in [1.54, 1.807) is 0 Å². The molecule has 0 aliphatic rings. The van der Waals surface area contributed by atoms with Gasteiger partial charge in [-0.1, -0.05) is 17.7 Å². The van der Waals surface area contributed by atoms with Crippen LogP contribution < -0.4 is 5.32 Å². The van der Waals surface area contributed by atoms with Crippen molar-refractivity contribution in [3.05, 3.63) is 58.6 Å². The Hall–Kier alpha value is -1.47. The largest absolute Gasteiger partial charge is 0.356 e. The van der Waals surface area contributed by atoms with Gasteiger partial charge < -0.3 is 5.32 Å². The number of anilines is 2. The molecule has 0 aliphatic carbocycles. The first-order valence-electron chi connectivity index (χ1n) is 5.25. The normalized spacial score (nSPS) is 10.2. The Morgan fingerprint density at radius 3 is 2.06 bits per heavy atom. The molecular formula is C14H14ClN. The highest BCUT2D eigenvalue weighted by Gasteiger charge is 1.97. The second-order valence-corrected chi connectivity index (χ2v) is 4.37. The Kier molecular flexibility index (Phi) is 3.16. The molecule has 0 unspecified atom stereocenters. The third kappa shape index (κ3) is 2.56. The first-order chi connectivity index (χ1) is 7.65. The number of hydrogen-bond acceptors (Lipinski definition) is 1. The van der Waals surface area contributed by atoms with Crippen LogP contribution in [0, 0.1) is 13.8 Å². The molecule has 0 aromatic heterocycles. The number of benzene rings is 2. The van der Waals surface area contributed by atoms with Gasteiger partial charge in [-0.15, -0.1) is 0 Å². The molecule has 0 radical (unpaired) electrons. The maximum absolute atomic E-state index is 5.83. The molecule has 0 saturated carbocycles. The SMILES string of the molecule is Cc1ccc(Nc2ccc(Cl)cc2)cc1C. The smallest absolute Gasteiger partial charge is 0.0407 e. The van der Waals surface area contributed by atoms with Crippen molar-refractivity contribution in [2.24, 2.45) is 0 Å². The van der Waals surface area contributed by atoms with Gasteiger partial charge in [0.15, 0.2) is 0 Å². The summed E-state index contributed by atoms with van der Waals surface area (Å²) in [5.41, 5.74) is 4.75. The van der Waals surface area contributed by atoms with Gasteiger partial charge in [0.2, 0.25) is 0 Å². The average molecular weight is 232 g/mol. The average Bonchev–Trinajstić information content (AvgIpc) is 2.27. The summed E-state index contributed by atoms with van der Waals surface area (Å²) in [6.45, 7) is 4.23. The molecule has 0 heterocycles. The minimum atomic E-state index is 0.755. The molecule has 0 amide bonds. The third-order valence-corrected chi connectivity index (χ3v) is 2.89. The lowest BCUT2D eigenvalue weighted by molar-refractivity contribution is 1.34. The van der Waals surface area contributed by atoms with Crippen LogP contribution in [-0.4, -0.2) is 0 Å². The second-order valence-electron chi connectivity index (χ2n) is 3.93.